The Morgan fingerprint density at radius 3 is 1.89 bits per heavy atom. The van der Waals surface area contributed by atoms with Crippen LogP contribution in [-0.4, -0.2) is 85.7 Å². The highest BCUT2D eigenvalue weighted by Gasteiger charge is 2.39. The molecular formula is C43H48N8O5. The molecule has 13 nitrogen and oxygen atoms in total. The normalized spacial score (nSPS) is 21.4. The number of nitrogens with zero attached hydrogens (tertiary/aromatic N) is 4. The van der Waals surface area contributed by atoms with Gasteiger partial charge in [0, 0.05) is 32.2 Å². The molecule has 5 N–H and O–H groups in total. The first-order valence-electron chi connectivity index (χ1n) is 19.5. The third-order valence-corrected chi connectivity index (χ3v) is 11.6. The molecule has 56 heavy (non-hydrogen) atoms. The Hall–Kier alpha value is -5.79. The summed E-state index contributed by atoms with van der Waals surface area (Å²) in [5.41, 5.74) is 6.51. The van der Waals surface area contributed by atoms with E-state index in [1.807, 2.05) is 17.2 Å². The highest BCUT2D eigenvalue weighted by molar-refractivity contribution is 5.87. The highest BCUT2D eigenvalue weighted by atomic mass is 16.5. The van der Waals surface area contributed by atoms with Gasteiger partial charge < -0.3 is 34.9 Å². The van der Waals surface area contributed by atoms with Gasteiger partial charge in [-0.15, -0.1) is 0 Å². The molecule has 2 saturated heterocycles. The van der Waals surface area contributed by atoms with Crippen LogP contribution in [0.2, 0.25) is 0 Å². The first-order valence-corrected chi connectivity index (χ1v) is 19.5. The van der Waals surface area contributed by atoms with E-state index in [1.54, 1.807) is 42.5 Å². The molecule has 3 fully saturated rings. The predicted octanol–water partition coefficient (Wildman–Crippen LogP) is 6.83. The zero-order valence-electron chi connectivity index (χ0n) is 31.5. The molecule has 2 aromatic heterocycles. The van der Waals surface area contributed by atoms with Crippen LogP contribution in [0.5, 0.6) is 0 Å². The van der Waals surface area contributed by atoms with Crippen LogP contribution in [0, 0.1) is 5.92 Å². The Kier molecular flexibility index (Phi) is 11.0. The summed E-state index contributed by atoms with van der Waals surface area (Å²) in [5, 5.41) is 15.3. The van der Waals surface area contributed by atoms with E-state index in [0.717, 1.165) is 91.0 Å². The number of nitrogens with one attached hydrogen (secondary N) is 4. The largest absolute Gasteiger partial charge is 0.465 e. The lowest BCUT2D eigenvalue weighted by Crippen LogP contribution is -2.42. The van der Waals surface area contributed by atoms with E-state index in [2.05, 4.69) is 74.1 Å². The Bertz CT molecular complexity index is 2130. The lowest BCUT2D eigenvalue weighted by Gasteiger charge is -2.28. The zero-order valence-corrected chi connectivity index (χ0v) is 31.5. The van der Waals surface area contributed by atoms with E-state index >= 15 is 0 Å². The lowest BCUT2D eigenvalue weighted by atomic mass is 10.0. The number of carboxylic acid groups (broad SMARTS) is 1. The third-order valence-electron chi connectivity index (χ3n) is 11.6. The molecule has 0 unspecified atom stereocenters. The maximum Gasteiger partial charge on any atom is 0.405 e. The Morgan fingerprint density at radius 2 is 1.32 bits per heavy atom. The standard InChI is InChI=1S/C43H48N8O5/c1-56-26-46-33-20-19-32(23-33)41(52)50-21-5-9-36(50)39-44-24-34(47-39)29-15-11-27(12-16-29)28-13-17-30(18-14-28)35-25-45-40(48-35)37-10-6-22-51(37)42(53)38(49-43(54)55)31-7-3-2-4-8-31/h2-4,7-8,11-18,24-25,32-33,36-38,46,49H,5-6,9-10,19-23,26H2,1H3,(H,44,47)(H,45,48)(H,54,55)/t32-,33+,36-,37-,38+/m0/s1. The van der Waals surface area contributed by atoms with Crippen molar-refractivity contribution in [2.24, 2.45) is 5.92 Å². The third kappa shape index (κ3) is 7.82. The van der Waals surface area contributed by atoms with E-state index < -0.39 is 12.1 Å². The molecule has 0 bridgehead atoms. The van der Waals surface area contributed by atoms with Crippen molar-refractivity contribution in [2.45, 2.75) is 69.1 Å². The molecule has 0 spiro atoms. The number of carbonyl (C=O) groups is 3. The zero-order chi connectivity index (χ0) is 38.6. The minimum absolute atomic E-state index is 0.0290. The number of hydrogen-bond acceptors (Lipinski definition) is 7. The summed E-state index contributed by atoms with van der Waals surface area (Å²) in [6.45, 7) is 1.80. The van der Waals surface area contributed by atoms with E-state index in [-0.39, 0.29) is 29.8 Å². The predicted molar refractivity (Wildman–Crippen MR) is 211 cm³/mol. The van der Waals surface area contributed by atoms with Gasteiger partial charge in [-0.1, -0.05) is 78.9 Å². The summed E-state index contributed by atoms with van der Waals surface area (Å²) < 4.78 is 5.16. The molecule has 0 radical (unpaired) electrons. The van der Waals surface area contributed by atoms with E-state index in [9.17, 15) is 19.5 Å². The van der Waals surface area contributed by atoms with Gasteiger partial charge >= 0.3 is 6.09 Å². The monoisotopic (exact) mass is 756 g/mol. The number of hydrogen-bond donors (Lipinski definition) is 5. The molecule has 2 aliphatic heterocycles. The van der Waals surface area contributed by atoms with Gasteiger partial charge in [0.15, 0.2) is 0 Å². The second-order valence-electron chi connectivity index (χ2n) is 15.0. The van der Waals surface area contributed by atoms with Crippen molar-refractivity contribution in [1.29, 1.82) is 0 Å². The summed E-state index contributed by atoms with van der Waals surface area (Å²) >= 11 is 0. The van der Waals surface area contributed by atoms with E-state index in [0.29, 0.717) is 30.7 Å². The molecule has 290 valence electrons. The molecule has 3 aliphatic rings. The number of carbonyl (C=O) groups excluding carboxylic acids is 2. The maximum atomic E-state index is 13.7. The fraction of sp³-hybridized carbons (Fsp3) is 0.372. The van der Waals surface area contributed by atoms with Crippen molar-refractivity contribution in [3.8, 4) is 33.6 Å². The van der Waals surface area contributed by atoms with E-state index in [1.165, 1.54) is 0 Å². The molecule has 13 heteroatoms. The molecule has 8 rings (SSSR count). The van der Waals surface area contributed by atoms with Crippen molar-refractivity contribution >= 4 is 17.9 Å². The average Bonchev–Trinajstić information content (AvgIpc) is 4.08. The Labute approximate surface area is 325 Å². The van der Waals surface area contributed by atoms with Gasteiger partial charge in [0.1, 0.15) is 17.7 Å². The van der Waals surface area contributed by atoms with Crippen molar-refractivity contribution < 1.29 is 24.2 Å². The van der Waals surface area contributed by atoms with Crippen molar-refractivity contribution in [3.63, 3.8) is 0 Å². The van der Waals surface area contributed by atoms with Crippen LogP contribution in [0.25, 0.3) is 33.6 Å². The number of imidazole rings is 2. The molecule has 1 aliphatic carbocycles. The minimum Gasteiger partial charge on any atom is -0.465 e. The van der Waals surface area contributed by atoms with Crippen LogP contribution >= 0.6 is 0 Å². The number of aromatic nitrogens is 4. The smallest absolute Gasteiger partial charge is 0.405 e. The molecule has 3 amide bonds. The van der Waals surface area contributed by atoms with Crippen LogP contribution in [0.15, 0.2) is 91.3 Å². The molecule has 5 aromatic rings. The van der Waals surface area contributed by atoms with Crippen LogP contribution in [0.1, 0.15) is 80.3 Å². The second kappa shape index (κ2) is 16.5. The lowest BCUT2D eigenvalue weighted by molar-refractivity contribution is -0.136. The van der Waals surface area contributed by atoms with Gasteiger partial charge in [0.2, 0.25) is 5.91 Å². The van der Waals surface area contributed by atoms with Crippen molar-refractivity contribution in [3.05, 3.63) is 108 Å². The number of H-pyrrole nitrogens is 2. The van der Waals surface area contributed by atoms with Crippen molar-refractivity contribution in [1.82, 2.24) is 40.4 Å². The SMILES string of the molecule is COCN[C@@H]1CC[C@H](C(=O)N2CCC[C@H]2c2ncc(-c3ccc(-c4ccc(-c5cnc([C@@H]6CCCN6C(=O)[C@H](NC(=O)O)c6ccccc6)[nH]5)cc4)cc3)[nH]2)C1. The summed E-state index contributed by atoms with van der Waals surface area (Å²) in [6.07, 6.45) is 8.57. The summed E-state index contributed by atoms with van der Waals surface area (Å²) in [5.74, 6) is 1.52. The first-order chi connectivity index (χ1) is 27.4. The van der Waals surface area contributed by atoms with Gasteiger partial charge in [0.05, 0.1) is 42.6 Å². The first kappa shape index (κ1) is 37.1. The topological polar surface area (TPSA) is 169 Å². The van der Waals surface area contributed by atoms with Gasteiger partial charge in [-0.25, -0.2) is 14.8 Å². The molecule has 4 heterocycles. The number of methoxy groups -OCH3 is 1. The van der Waals surface area contributed by atoms with Gasteiger partial charge in [-0.3, -0.25) is 14.9 Å². The quantitative estimate of drug-likeness (QED) is 0.0864. The van der Waals surface area contributed by atoms with Crippen LogP contribution < -0.4 is 10.6 Å². The fourth-order valence-corrected chi connectivity index (χ4v) is 8.67. The molecule has 3 aromatic carbocycles. The summed E-state index contributed by atoms with van der Waals surface area (Å²) in [7, 11) is 1.68. The second-order valence-corrected chi connectivity index (χ2v) is 15.0. The fourth-order valence-electron chi connectivity index (χ4n) is 8.67. The number of amides is 3. The van der Waals surface area contributed by atoms with Crippen molar-refractivity contribution in [2.75, 3.05) is 26.9 Å². The summed E-state index contributed by atoms with van der Waals surface area (Å²) in [6, 6.07) is 24.6. The maximum absolute atomic E-state index is 13.7. The molecule has 1 saturated carbocycles. The summed E-state index contributed by atoms with van der Waals surface area (Å²) in [4.78, 5) is 59.0. The van der Waals surface area contributed by atoms with Crippen LogP contribution in [0.3, 0.4) is 0 Å². The number of aromatic amines is 2. The minimum atomic E-state index is -1.25. The molecular weight excluding hydrogens is 709 g/mol. The molecule has 5 atom stereocenters. The number of likely N-dealkylation sites (tertiary alicyclic amines) is 2. The van der Waals surface area contributed by atoms with Crippen LogP contribution in [0.4, 0.5) is 4.79 Å². The Balaban J connectivity index is 0.905. The van der Waals surface area contributed by atoms with Crippen LogP contribution in [-0.2, 0) is 14.3 Å². The van der Waals surface area contributed by atoms with Gasteiger partial charge in [0.25, 0.3) is 5.91 Å². The number of rotatable bonds is 12. The van der Waals surface area contributed by atoms with Gasteiger partial charge in [-0.05, 0) is 72.8 Å². The highest BCUT2D eigenvalue weighted by Crippen LogP contribution is 2.37. The van der Waals surface area contributed by atoms with Gasteiger partial charge in [-0.2, -0.15) is 0 Å². The number of ether oxygens (including phenoxy) is 1. The van der Waals surface area contributed by atoms with E-state index in [4.69, 9.17) is 9.72 Å². The number of benzene rings is 3. The average molecular weight is 757 g/mol. The Morgan fingerprint density at radius 1 is 0.768 bits per heavy atom.